The summed E-state index contributed by atoms with van der Waals surface area (Å²) >= 11 is 0. The van der Waals surface area contributed by atoms with Gasteiger partial charge in [-0.1, -0.05) is 30.3 Å². The van der Waals surface area contributed by atoms with Gasteiger partial charge < -0.3 is 15.0 Å². The van der Waals surface area contributed by atoms with E-state index in [0.717, 1.165) is 12.8 Å². The minimum absolute atomic E-state index is 0.182. The Kier molecular flexibility index (Phi) is 5.77. The number of ether oxygens (including phenoxy) is 1. The summed E-state index contributed by atoms with van der Waals surface area (Å²) in [4.78, 5) is 17.1. The molecule has 0 atom stereocenters. The fraction of sp³-hybridized carbons (Fsp3) is 0.294. The van der Waals surface area contributed by atoms with Crippen molar-refractivity contribution >= 4 is 11.7 Å². The van der Waals surface area contributed by atoms with Crippen LogP contribution in [0.4, 0.5) is 10.5 Å². The maximum atomic E-state index is 11.5. The van der Waals surface area contributed by atoms with Crippen molar-refractivity contribution in [1.82, 2.24) is 9.88 Å². The molecule has 0 radical (unpaired) electrons. The number of nitrogens with zero attached hydrogens (tertiary/aromatic N) is 2. The van der Waals surface area contributed by atoms with Gasteiger partial charge in [-0.2, -0.15) is 0 Å². The van der Waals surface area contributed by atoms with E-state index in [1.54, 1.807) is 32.4 Å². The van der Waals surface area contributed by atoms with E-state index in [1.165, 1.54) is 10.5 Å². The largest absolute Gasteiger partial charge is 0.478 e. The van der Waals surface area contributed by atoms with Gasteiger partial charge in [0.15, 0.2) is 0 Å². The molecule has 2 rings (SSSR count). The van der Waals surface area contributed by atoms with Crippen LogP contribution < -0.4 is 10.1 Å². The number of aryl methyl sites for hydroxylation is 1. The Morgan fingerprint density at radius 1 is 1.18 bits per heavy atom. The number of hydrogen-bond donors (Lipinski definition) is 1. The second-order valence-corrected chi connectivity index (χ2v) is 5.15. The van der Waals surface area contributed by atoms with Crippen molar-refractivity contribution in [3.05, 3.63) is 54.2 Å². The molecule has 0 aliphatic heterocycles. The molecule has 5 heteroatoms. The number of carbonyl (C=O) groups excluding carboxylic acids is 1. The second kappa shape index (κ2) is 8.02. The molecule has 1 aromatic carbocycles. The first kappa shape index (κ1) is 15.8. The molecule has 2 aromatic rings. The summed E-state index contributed by atoms with van der Waals surface area (Å²) in [7, 11) is 3.37. The number of aromatic nitrogens is 1. The Hall–Kier alpha value is -2.56. The molecule has 0 saturated heterocycles. The van der Waals surface area contributed by atoms with Gasteiger partial charge in [0.25, 0.3) is 0 Å². The van der Waals surface area contributed by atoms with Gasteiger partial charge in [0.2, 0.25) is 5.88 Å². The maximum absolute atomic E-state index is 11.5. The highest BCUT2D eigenvalue weighted by Crippen LogP contribution is 2.12. The number of hydrogen-bond acceptors (Lipinski definition) is 3. The first-order chi connectivity index (χ1) is 10.6. The molecule has 0 spiro atoms. The third-order valence-electron chi connectivity index (χ3n) is 3.10. The van der Waals surface area contributed by atoms with Gasteiger partial charge in [0.05, 0.1) is 18.5 Å². The van der Waals surface area contributed by atoms with Crippen molar-refractivity contribution in [1.29, 1.82) is 0 Å². The maximum Gasteiger partial charge on any atom is 0.321 e. The van der Waals surface area contributed by atoms with E-state index in [0.29, 0.717) is 18.2 Å². The van der Waals surface area contributed by atoms with Crippen molar-refractivity contribution in [3.63, 3.8) is 0 Å². The SMILES string of the molecule is CN(C)C(=O)Nc1ccc(OCCCc2ccccc2)nc1. The fourth-order valence-corrected chi connectivity index (χ4v) is 1.87. The molecule has 0 aliphatic carbocycles. The number of nitrogens with one attached hydrogen (secondary N) is 1. The van der Waals surface area contributed by atoms with Crippen LogP contribution in [0.5, 0.6) is 5.88 Å². The van der Waals surface area contributed by atoms with E-state index in [9.17, 15) is 4.79 Å². The highest BCUT2D eigenvalue weighted by atomic mass is 16.5. The lowest BCUT2D eigenvalue weighted by molar-refractivity contribution is 0.230. The first-order valence-electron chi connectivity index (χ1n) is 7.26. The fourth-order valence-electron chi connectivity index (χ4n) is 1.87. The normalized spacial score (nSPS) is 10.1. The smallest absolute Gasteiger partial charge is 0.321 e. The van der Waals surface area contributed by atoms with E-state index in [2.05, 4.69) is 22.4 Å². The Morgan fingerprint density at radius 2 is 1.95 bits per heavy atom. The summed E-state index contributed by atoms with van der Waals surface area (Å²) in [6.45, 7) is 0.616. The molecule has 5 nitrogen and oxygen atoms in total. The molecule has 0 fully saturated rings. The number of benzene rings is 1. The molecule has 22 heavy (non-hydrogen) atoms. The zero-order valence-corrected chi connectivity index (χ0v) is 13.0. The van der Waals surface area contributed by atoms with Gasteiger partial charge in [-0.05, 0) is 24.5 Å². The van der Waals surface area contributed by atoms with Crippen LogP contribution in [-0.4, -0.2) is 36.6 Å². The van der Waals surface area contributed by atoms with Gasteiger partial charge in [-0.3, -0.25) is 0 Å². The number of anilines is 1. The second-order valence-electron chi connectivity index (χ2n) is 5.15. The Labute approximate surface area is 130 Å². The van der Waals surface area contributed by atoms with Gasteiger partial charge in [0.1, 0.15) is 0 Å². The summed E-state index contributed by atoms with van der Waals surface area (Å²) in [5.41, 5.74) is 1.95. The van der Waals surface area contributed by atoms with Crippen molar-refractivity contribution in [2.45, 2.75) is 12.8 Å². The zero-order valence-electron chi connectivity index (χ0n) is 13.0. The van der Waals surface area contributed by atoms with E-state index < -0.39 is 0 Å². The lowest BCUT2D eigenvalue weighted by Gasteiger charge is -2.12. The number of urea groups is 1. The standard InChI is InChI=1S/C17H21N3O2/c1-20(2)17(21)19-15-10-11-16(18-13-15)22-12-6-9-14-7-4-3-5-8-14/h3-5,7-8,10-11,13H,6,9,12H2,1-2H3,(H,19,21). The molecule has 2 amide bonds. The van der Waals surface area contributed by atoms with Crippen LogP contribution in [0.15, 0.2) is 48.7 Å². The van der Waals surface area contributed by atoms with E-state index >= 15 is 0 Å². The lowest BCUT2D eigenvalue weighted by Crippen LogP contribution is -2.27. The summed E-state index contributed by atoms with van der Waals surface area (Å²) in [6.07, 6.45) is 3.51. The average Bonchev–Trinajstić information content (AvgIpc) is 2.54. The molecule has 1 N–H and O–H groups in total. The zero-order chi connectivity index (χ0) is 15.8. The molecule has 0 aliphatic rings. The Bertz CT molecular complexity index is 583. The van der Waals surface area contributed by atoms with E-state index in [-0.39, 0.29) is 6.03 Å². The predicted molar refractivity (Wildman–Crippen MR) is 87.2 cm³/mol. The molecule has 116 valence electrons. The number of pyridine rings is 1. The van der Waals surface area contributed by atoms with Crippen molar-refractivity contribution in [2.75, 3.05) is 26.0 Å². The highest BCUT2D eigenvalue weighted by molar-refractivity contribution is 5.88. The Morgan fingerprint density at radius 3 is 2.59 bits per heavy atom. The van der Waals surface area contributed by atoms with Crippen LogP contribution in [0.3, 0.4) is 0 Å². The van der Waals surface area contributed by atoms with E-state index in [4.69, 9.17) is 4.74 Å². The average molecular weight is 299 g/mol. The summed E-state index contributed by atoms with van der Waals surface area (Å²) in [5, 5.41) is 2.73. The highest BCUT2D eigenvalue weighted by Gasteiger charge is 2.04. The van der Waals surface area contributed by atoms with Crippen molar-refractivity contribution < 1.29 is 9.53 Å². The molecule has 1 aromatic heterocycles. The minimum atomic E-state index is -0.182. The number of carbonyl (C=O) groups is 1. The number of rotatable bonds is 6. The third-order valence-corrected chi connectivity index (χ3v) is 3.10. The summed E-state index contributed by atoms with van der Waals surface area (Å²) < 4.78 is 5.60. The van der Waals surface area contributed by atoms with Crippen molar-refractivity contribution in [2.24, 2.45) is 0 Å². The Balaban J connectivity index is 1.73. The summed E-state index contributed by atoms with van der Waals surface area (Å²) in [5.74, 6) is 0.566. The quantitative estimate of drug-likeness (QED) is 0.833. The van der Waals surface area contributed by atoms with Gasteiger partial charge in [-0.25, -0.2) is 9.78 Å². The molecule has 1 heterocycles. The molecule has 0 bridgehead atoms. The van der Waals surface area contributed by atoms with Crippen LogP contribution in [0.25, 0.3) is 0 Å². The van der Waals surface area contributed by atoms with Gasteiger partial charge in [0, 0.05) is 20.2 Å². The van der Waals surface area contributed by atoms with Crippen LogP contribution in [0.2, 0.25) is 0 Å². The molecule has 0 saturated carbocycles. The lowest BCUT2D eigenvalue weighted by atomic mass is 10.1. The number of amides is 2. The van der Waals surface area contributed by atoms with Crippen LogP contribution >= 0.6 is 0 Å². The topological polar surface area (TPSA) is 54.5 Å². The van der Waals surface area contributed by atoms with Gasteiger partial charge >= 0.3 is 6.03 Å². The third kappa shape index (κ3) is 5.09. The monoisotopic (exact) mass is 299 g/mol. The van der Waals surface area contributed by atoms with Gasteiger partial charge in [-0.15, -0.1) is 0 Å². The van der Waals surface area contributed by atoms with Crippen LogP contribution in [-0.2, 0) is 6.42 Å². The van der Waals surface area contributed by atoms with Crippen LogP contribution in [0, 0.1) is 0 Å². The summed E-state index contributed by atoms with van der Waals surface area (Å²) in [6, 6.07) is 13.7. The molecular weight excluding hydrogens is 278 g/mol. The van der Waals surface area contributed by atoms with E-state index in [1.807, 2.05) is 18.2 Å². The molecular formula is C17H21N3O2. The minimum Gasteiger partial charge on any atom is -0.478 e. The predicted octanol–water partition coefficient (Wildman–Crippen LogP) is 3.19. The first-order valence-corrected chi connectivity index (χ1v) is 7.26. The van der Waals surface area contributed by atoms with Crippen molar-refractivity contribution in [3.8, 4) is 5.88 Å². The van der Waals surface area contributed by atoms with Crippen LogP contribution in [0.1, 0.15) is 12.0 Å². The molecule has 0 unspecified atom stereocenters.